The number of rotatable bonds is 4. The van der Waals surface area contributed by atoms with E-state index in [4.69, 9.17) is 0 Å². The number of aromatic amines is 1. The molecule has 0 aliphatic rings. The fraction of sp³-hybridized carbons (Fsp3) is 0.133. The summed E-state index contributed by atoms with van der Waals surface area (Å²) >= 11 is 0. The van der Waals surface area contributed by atoms with Crippen LogP contribution in [0.2, 0.25) is 0 Å². The van der Waals surface area contributed by atoms with Gasteiger partial charge in [0.15, 0.2) is 0 Å². The van der Waals surface area contributed by atoms with Crippen LogP contribution in [0.25, 0.3) is 38.8 Å². The Balaban J connectivity index is 1.59. The Kier molecular flexibility index (Phi) is 4.63. The van der Waals surface area contributed by atoms with Crippen LogP contribution in [0.5, 0.6) is 0 Å². The molecule has 34 heavy (non-hydrogen) atoms. The highest BCUT2D eigenvalue weighted by Gasteiger charge is 2.25. The van der Waals surface area contributed by atoms with Gasteiger partial charge in [-0.3, -0.25) is 10.1 Å². The van der Waals surface area contributed by atoms with Crippen molar-refractivity contribution < 1.29 is 0 Å². The Labute approximate surface area is 198 Å². The average molecular weight is 443 g/mol. The molecule has 0 saturated carbocycles. The quantitative estimate of drug-likeness (QED) is 0.314. The maximum absolute atomic E-state index is 4.65. The lowest BCUT2D eigenvalue weighted by Crippen LogP contribution is -2.20. The molecule has 3 aromatic heterocycles. The Morgan fingerprint density at radius 1 is 0.765 bits per heavy atom. The largest absolute Gasteiger partial charge is 0.309 e. The first kappa shape index (κ1) is 20.4. The number of fused-ring (bicyclic) bond motifs is 3. The Morgan fingerprint density at radius 3 is 2.38 bits per heavy atom. The molecule has 0 spiro atoms. The molecule has 3 heterocycles. The van der Waals surface area contributed by atoms with Crippen LogP contribution >= 0.6 is 0 Å². The lowest BCUT2D eigenvalue weighted by atomic mass is 9.81. The normalized spacial score (nSPS) is 12.0. The molecule has 4 heteroatoms. The minimum Gasteiger partial charge on any atom is -0.309 e. The molecule has 0 amide bonds. The molecule has 0 fully saturated rings. The smallest absolute Gasteiger partial charge is 0.0924 e. The van der Waals surface area contributed by atoms with Gasteiger partial charge in [-0.15, -0.1) is 0 Å². The summed E-state index contributed by atoms with van der Waals surface area (Å²) in [4.78, 5) is 4.65. The van der Waals surface area contributed by atoms with Gasteiger partial charge in [0.2, 0.25) is 0 Å². The van der Waals surface area contributed by atoms with Crippen molar-refractivity contribution in [3.8, 4) is 16.9 Å². The Hall–Kier alpha value is -4.18. The van der Waals surface area contributed by atoms with E-state index in [9.17, 15) is 0 Å². The third-order valence-corrected chi connectivity index (χ3v) is 6.81. The summed E-state index contributed by atoms with van der Waals surface area (Å²) in [6.45, 7) is 6.50. The maximum Gasteiger partial charge on any atom is 0.0924 e. The van der Waals surface area contributed by atoms with Gasteiger partial charge < -0.3 is 4.57 Å². The zero-order chi connectivity index (χ0) is 23.3. The van der Waals surface area contributed by atoms with E-state index in [0.29, 0.717) is 0 Å². The van der Waals surface area contributed by atoms with E-state index in [2.05, 4.69) is 119 Å². The minimum atomic E-state index is -0.215. The summed E-state index contributed by atoms with van der Waals surface area (Å²) in [6.07, 6.45) is 1.87. The molecule has 0 atom stereocenters. The molecule has 0 saturated heterocycles. The first-order chi connectivity index (χ1) is 16.5. The van der Waals surface area contributed by atoms with Crippen LogP contribution in [0.3, 0.4) is 0 Å². The topological polar surface area (TPSA) is 46.5 Å². The summed E-state index contributed by atoms with van der Waals surface area (Å²) < 4.78 is 2.37. The standard InChI is InChI=1S/C30H26N4/c1-20-17-26(33-32-20)21-14-15-25-24-11-4-5-12-27(24)34(28(25)18-21)23-10-8-9-22(19-23)30(2,3)29-13-6-7-16-31-29/h4-19H,1-3H3,(H,32,33). The first-order valence-electron chi connectivity index (χ1n) is 11.6. The van der Waals surface area contributed by atoms with Crippen molar-refractivity contribution in [1.29, 1.82) is 0 Å². The molecular formula is C30H26N4. The van der Waals surface area contributed by atoms with Crippen LogP contribution in [-0.4, -0.2) is 19.7 Å². The van der Waals surface area contributed by atoms with Crippen LogP contribution in [0.15, 0.2) is 97.2 Å². The summed E-state index contributed by atoms with van der Waals surface area (Å²) in [5.41, 5.74) is 8.70. The zero-order valence-corrected chi connectivity index (χ0v) is 19.6. The monoisotopic (exact) mass is 442 g/mol. The van der Waals surface area contributed by atoms with Crippen molar-refractivity contribution in [3.63, 3.8) is 0 Å². The molecule has 0 unspecified atom stereocenters. The summed E-state index contributed by atoms with van der Waals surface area (Å²) in [6, 6.07) is 32.3. The lowest BCUT2D eigenvalue weighted by Gasteiger charge is -2.25. The molecule has 0 radical (unpaired) electrons. The molecule has 6 aromatic rings. The van der Waals surface area contributed by atoms with E-state index in [1.54, 1.807) is 0 Å². The molecular weight excluding hydrogens is 416 g/mol. The van der Waals surface area contributed by atoms with Crippen LogP contribution in [-0.2, 0) is 5.41 Å². The lowest BCUT2D eigenvalue weighted by molar-refractivity contribution is 0.616. The van der Waals surface area contributed by atoms with Crippen molar-refractivity contribution in [3.05, 3.63) is 114 Å². The molecule has 3 aromatic carbocycles. The molecule has 0 bridgehead atoms. The van der Waals surface area contributed by atoms with E-state index in [1.165, 1.54) is 27.4 Å². The van der Waals surface area contributed by atoms with Gasteiger partial charge in [0.05, 0.1) is 22.4 Å². The molecule has 4 nitrogen and oxygen atoms in total. The van der Waals surface area contributed by atoms with Crippen LogP contribution in [0, 0.1) is 6.92 Å². The van der Waals surface area contributed by atoms with Crippen molar-refractivity contribution >= 4 is 21.8 Å². The van der Waals surface area contributed by atoms with Gasteiger partial charge in [-0.1, -0.05) is 62.4 Å². The van der Waals surface area contributed by atoms with E-state index in [1.807, 2.05) is 19.2 Å². The Bertz CT molecular complexity index is 1640. The van der Waals surface area contributed by atoms with Crippen molar-refractivity contribution in [2.24, 2.45) is 0 Å². The maximum atomic E-state index is 4.65. The van der Waals surface area contributed by atoms with Gasteiger partial charge in [-0.2, -0.15) is 5.10 Å². The molecule has 0 aliphatic carbocycles. The van der Waals surface area contributed by atoms with Crippen LogP contribution in [0.1, 0.15) is 30.8 Å². The van der Waals surface area contributed by atoms with E-state index in [0.717, 1.165) is 28.3 Å². The molecule has 1 N–H and O–H groups in total. The fourth-order valence-electron chi connectivity index (χ4n) is 4.89. The number of hydrogen-bond acceptors (Lipinski definition) is 2. The minimum absolute atomic E-state index is 0.215. The van der Waals surface area contributed by atoms with Crippen molar-refractivity contribution in [2.75, 3.05) is 0 Å². The van der Waals surface area contributed by atoms with Gasteiger partial charge in [0.1, 0.15) is 0 Å². The number of benzene rings is 3. The van der Waals surface area contributed by atoms with Gasteiger partial charge >= 0.3 is 0 Å². The van der Waals surface area contributed by atoms with Crippen molar-refractivity contribution in [1.82, 2.24) is 19.7 Å². The number of nitrogens with one attached hydrogen (secondary N) is 1. The third kappa shape index (κ3) is 3.22. The van der Waals surface area contributed by atoms with Crippen molar-refractivity contribution in [2.45, 2.75) is 26.2 Å². The highest BCUT2D eigenvalue weighted by Crippen LogP contribution is 2.36. The second-order valence-corrected chi connectivity index (χ2v) is 9.41. The number of para-hydroxylation sites is 1. The van der Waals surface area contributed by atoms with E-state index >= 15 is 0 Å². The summed E-state index contributed by atoms with van der Waals surface area (Å²) in [7, 11) is 0. The predicted octanol–water partition coefficient (Wildman–Crippen LogP) is 7.20. The second-order valence-electron chi connectivity index (χ2n) is 9.41. The zero-order valence-electron chi connectivity index (χ0n) is 19.6. The number of hydrogen-bond donors (Lipinski definition) is 1. The van der Waals surface area contributed by atoms with Gasteiger partial charge in [0.25, 0.3) is 0 Å². The summed E-state index contributed by atoms with van der Waals surface area (Å²) in [5.74, 6) is 0. The molecule has 0 aliphatic heterocycles. The van der Waals surface area contributed by atoms with Crippen LogP contribution in [0.4, 0.5) is 0 Å². The average Bonchev–Trinajstić information content (AvgIpc) is 3.45. The number of nitrogens with zero attached hydrogens (tertiary/aromatic N) is 3. The number of H-pyrrole nitrogens is 1. The second kappa shape index (κ2) is 7.70. The SMILES string of the molecule is Cc1cc(-c2ccc3c4ccccc4n(-c4cccc(C(C)(C)c5ccccn5)c4)c3c2)n[nH]1. The number of aryl methyl sites for hydroxylation is 1. The van der Waals surface area contributed by atoms with Gasteiger partial charge in [-0.25, -0.2) is 0 Å². The summed E-state index contributed by atoms with van der Waals surface area (Å²) in [5, 5.41) is 10.0. The van der Waals surface area contributed by atoms with E-state index < -0.39 is 0 Å². The number of pyridine rings is 1. The van der Waals surface area contributed by atoms with Gasteiger partial charge in [0, 0.05) is 39.3 Å². The van der Waals surface area contributed by atoms with Crippen LogP contribution < -0.4 is 0 Å². The van der Waals surface area contributed by atoms with E-state index in [-0.39, 0.29) is 5.41 Å². The third-order valence-electron chi connectivity index (χ3n) is 6.81. The predicted molar refractivity (Wildman–Crippen MR) is 139 cm³/mol. The number of aromatic nitrogens is 4. The highest BCUT2D eigenvalue weighted by atomic mass is 15.1. The first-order valence-corrected chi connectivity index (χ1v) is 11.6. The molecule has 166 valence electrons. The molecule has 6 rings (SSSR count). The highest BCUT2D eigenvalue weighted by molar-refractivity contribution is 6.10. The van der Waals surface area contributed by atoms with Gasteiger partial charge in [-0.05, 0) is 55.0 Å². The fourth-order valence-corrected chi connectivity index (χ4v) is 4.89. The Morgan fingerprint density at radius 2 is 1.59 bits per heavy atom.